The zero-order valence-corrected chi connectivity index (χ0v) is 11.1. The minimum absolute atomic E-state index is 0.279. The van der Waals surface area contributed by atoms with Crippen LogP contribution in [0.2, 0.25) is 0 Å². The standard InChI is InChI=1S/C13H14BrFN2/c14-12-10(9-16)5-6-11(13(12)15)17-7-3-1-2-4-8-17/h5-6H,1-4,7-8H2. The van der Waals surface area contributed by atoms with E-state index in [1.54, 1.807) is 12.1 Å². The lowest BCUT2D eigenvalue weighted by molar-refractivity contribution is 0.610. The fourth-order valence-corrected chi connectivity index (χ4v) is 2.61. The van der Waals surface area contributed by atoms with E-state index in [2.05, 4.69) is 20.8 Å². The molecule has 1 aliphatic rings. The van der Waals surface area contributed by atoms with Crippen LogP contribution >= 0.6 is 15.9 Å². The van der Waals surface area contributed by atoms with Crippen molar-refractivity contribution in [3.63, 3.8) is 0 Å². The van der Waals surface area contributed by atoms with Gasteiger partial charge >= 0.3 is 0 Å². The predicted octanol–water partition coefficient (Wildman–Crippen LogP) is 3.84. The van der Waals surface area contributed by atoms with E-state index in [9.17, 15) is 4.39 Å². The molecule has 0 spiro atoms. The Kier molecular flexibility index (Phi) is 4.01. The monoisotopic (exact) mass is 296 g/mol. The third kappa shape index (κ3) is 2.61. The van der Waals surface area contributed by atoms with Crippen molar-refractivity contribution in [2.75, 3.05) is 18.0 Å². The summed E-state index contributed by atoms with van der Waals surface area (Å²) in [5.74, 6) is -0.314. The number of nitrogens with zero attached hydrogens (tertiary/aromatic N) is 2. The summed E-state index contributed by atoms with van der Waals surface area (Å²) in [6.45, 7) is 1.80. The molecule has 0 aliphatic carbocycles. The van der Waals surface area contributed by atoms with Gasteiger partial charge in [0.2, 0.25) is 0 Å². The lowest BCUT2D eigenvalue weighted by Gasteiger charge is -2.23. The van der Waals surface area contributed by atoms with Gasteiger partial charge in [-0.25, -0.2) is 4.39 Å². The third-order valence-electron chi connectivity index (χ3n) is 3.13. The Morgan fingerprint density at radius 1 is 1.18 bits per heavy atom. The number of nitriles is 1. The summed E-state index contributed by atoms with van der Waals surface area (Å²) in [6, 6.07) is 5.36. The summed E-state index contributed by atoms with van der Waals surface area (Å²) in [5.41, 5.74) is 0.957. The molecule has 0 N–H and O–H groups in total. The first-order chi connectivity index (χ1) is 8.24. The van der Waals surface area contributed by atoms with E-state index in [1.807, 2.05) is 6.07 Å². The molecule has 0 bridgehead atoms. The van der Waals surface area contributed by atoms with Crippen LogP contribution in [0.4, 0.5) is 10.1 Å². The van der Waals surface area contributed by atoms with Crippen molar-refractivity contribution in [3.05, 3.63) is 28.0 Å². The van der Waals surface area contributed by atoms with Gasteiger partial charge in [0.05, 0.1) is 15.7 Å². The Morgan fingerprint density at radius 3 is 2.41 bits per heavy atom. The van der Waals surface area contributed by atoms with Crippen LogP contribution in [0.25, 0.3) is 0 Å². The van der Waals surface area contributed by atoms with Gasteiger partial charge in [-0.15, -0.1) is 0 Å². The summed E-state index contributed by atoms with van der Waals surface area (Å²) in [5, 5.41) is 8.83. The average molecular weight is 297 g/mol. The molecule has 0 amide bonds. The van der Waals surface area contributed by atoms with Crippen molar-refractivity contribution in [3.8, 4) is 6.07 Å². The van der Waals surface area contributed by atoms with Crippen molar-refractivity contribution in [2.45, 2.75) is 25.7 Å². The highest BCUT2D eigenvalue weighted by Gasteiger charge is 2.17. The number of benzene rings is 1. The summed E-state index contributed by atoms with van der Waals surface area (Å²) in [4.78, 5) is 2.08. The molecule has 90 valence electrons. The molecule has 2 nitrogen and oxygen atoms in total. The Hall–Kier alpha value is -1.08. The fraction of sp³-hybridized carbons (Fsp3) is 0.462. The highest BCUT2D eigenvalue weighted by molar-refractivity contribution is 9.10. The van der Waals surface area contributed by atoms with Gasteiger partial charge < -0.3 is 4.90 Å². The highest BCUT2D eigenvalue weighted by Crippen LogP contribution is 2.30. The van der Waals surface area contributed by atoms with E-state index in [1.165, 1.54) is 12.8 Å². The average Bonchev–Trinajstić information content (AvgIpc) is 2.61. The van der Waals surface area contributed by atoms with Gasteiger partial charge in [0, 0.05) is 13.1 Å². The second-order valence-corrected chi connectivity index (χ2v) is 5.07. The normalized spacial score (nSPS) is 16.4. The Balaban J connectivity index is 2.32. The molecule has 0 aromatic heterocycles. The number of hydrogen-bond donors (Lipinski definition) is 0. The van der Waals surface area contributed by atoms with E-state index in [4.69, 9.17) is 5.26 Å². The van der Waals surface area contributed by atoms with Crippen molar-refractivity contribution >= 4 is 21.6 Å². The van der Waals surface area contributed by atoms with E-state index in [0.29, 0.717) is 11.3 Å². The van der Waals surface area contributed by atoms with Crippen molar-refractivity contribution in [1.82, 2.24) is 0 Å². The molecule has 1 aromatic carbocycles. The maximum absolute atomic E-state index is 14.1. The molecule has 0 atom stereocenters. The van der Waals surface area contributed by atoms with Crippen molar-refractivity contribution < 1.29 is 4.39 Å². The molecule has 0 unspecified atom stereocenters. The van der Waals surface area contributed by atoms with Crippen LogP contribution in [-0.4, -0.2) is 13.1 Å². The summed E-state index contributed by atoms with van der Waals surface area (Å²) in [6.07, 6.45) is 4.65. The molecule has 0 radical (unpaired) electrons. The molecular weight excluding hydrogens is 283 g/mol. The Labute approximate surface area is 109 Å². The Morgan fingerprint density at radius 2 is 1.82 bits per heavy atom. The van der Waals surface area contributed by atoms with E-state index < -0.39 is 0 Å². The zero-order chi connectivity index (χ0) is 12.3. The molecule has 0 saturated carbocycles. The van der Waals surface area contributed by atoms with Crippen LogP contribution in [0.15, 0.2) is 16.6 Å². The highest BCUT2D eigenvalue weighted by atomic mass is 79.9. The van der Waals surface area contributed by atoms with Crippen molar-refractivity contribution in [1.29, 1.82) is 5.26 Å². The Bertz CT molecular complexity index is 445. The van der Waals surface area contributed by atoms with Gasteiger partial charge in [-0.2, -0.15) is 5.26 Å². The van der Waals surface area contributed by atoms with E-state index in [-0.39, 0.29) is 10.3 Å². The largest absolute Gasteiger partial charge is 0.369 e. The van der Waals surface area contributed by atoms with Gasteiger partial charge in [0.15, 0.2) is 5.82 Å². The minimum atomic E-state index is -0.314. The molecular formula is C13H14BrFN2. The lowest BCUT2D eigenvalue weighted by atomic mass is 10.2. The van der Waals surface area contributed by atoms with Gasteiger partial charge in [-0.05, 0) is 40.9 Å². The SMILES string of the molecule is N#Cc1ccc(N2CCCCCC2)c(F)c1Br. The molecule has 1 aromatic rings. The van der Waals surface area contributed by atoms with E-state index in [0.717, 1.165) is 25.9 Å². The van der Waals surface area contributed by atoms with Crippen LogP contribution in [0.5, 0.6) is 0 Å². The zero-order valence-electron chi connectivity index (χ0n) is 9.55. The maximum Gasteiger partial charge on any atom is 0.161 e. The summed E-state index contributed by atoms with van der Waals surface area (Å²) in [7, 11) is 0. The summed E-state index contributed by atoms with van der Waals surface area (Å²) < 4.78 is 14.4. The molecule has 17 heavy (non-hydrogen) atoms. The van der Waals surface area contributed by atoms with Crippen LogP contribution in [0, 0.1) is 17.1 Å². The first kappa shape index (κ1) is 12.4. The second-order valence-electron chi connectivity index (χ2n) is 4.27. The van der Waals surface area contributed by atoms with Gasteiger partial charge in [0.1, 0.15) is 6.07 Å². The molecule has 1 heterocycles. The smallest absolute Gasteiger partial charge is 0.161 e. The van der Waals surface area contributed by atoms with Crippen LogP contribution < -0.4 is 4.90 Å². The molecule has 4 heteroatoms. The molecule has 1 saturated heterocycles. The van der Waals surface area contributed by atoms with Crippen LogP contribution in [-0.2, 0) is 0 Å². The van der Waals surface area contributed by atoms with Crippen molar-refractivity contribution in [2.24, 2.45) is 0 Å². The van der Waals surface area contributed by atoms with Gasteiger partial charge in [-0.3, -0.25) is 0 Å². The van der Waals surface area contributed by atoms with Crippen LogP contribution in [0.1, 0.15) is 31.2 Å². The number of anilines is 1. The minimum Gasteiger partial charge on any atom is -0.369 e. The van der Waals surface area contributed by atoms with Crippen LogP contribution in [0.3, 0.4) is 0 Å². The quantitative estimate of drug-likeness (QED) is 0.787. The fourth-order valence-electron chi connectivity index (χ4n) is 2.18. The predicted molar refractivity (Wildman–Crippen MR) is 69.5 cm³/mol. The lowest BCUT2D eigenvalue weighted by Crippen LogP contribution is -2.25. The topological polar surface area (TPSA) is 27.0 Å². The molecule has 1 aliphatic heterocycles. The third-order valence-corrected chi connectivity index (χ3v) is 3.90. The maximum atomic E-state index is 14.1. The first-order valence-electron chi connectivity index (χ1n) is 5.87. The first-order valence-corrected chi connectivity index (χ1v) is 6.66. The number of hydrogen-bond acceptors (Lipinski definition) is 2. The van der Waals surface area contributed by atoms with E-state index >= 15 is 0 Å². The second kappa shape index (κ2) is 5.50. The number of halogens is 2. The van der Waals surface area contributed by atoms with Gasteiger partial charge in [-0.1, -0.05) is 12.8 Å². The molecule has 2 rings (SSSR count). The molecule has 1 fully saturated rings. The van der Waals surface area contributed by atoms with Gasteiger partial charge in [0.25, 0.3) is 0 Å². The summed E-state index contributed by atoms with van der Waals surface area (Å²) >= 11 is 3.15. The number of rotatable bonds is 1.